The topological polar surface area (TPSA) is 347 Å². The Morgan fingerprint density at radius 2 is 0.706 bits per heavy atom. The minimum absolute atomic E-state index is 0.0245. The average molecular weight is 1530 g/mol. The zero-order chi connectivity index (χ0) is 73.4. The van der Waals surface area contributed by atoms with Gasteiger partial charge in [-0.05, 0) is 223 Å². The summed E-state index contributed by atoms with van der Waals surface area (Å²) in [6, 6.07) is 48.2. The molecule has 0 spiro atoms. The largest absolute Gasteiger partial charge is 0.497 e. The Kier molecular flexibility index (Phi) is 21.3. The summed E-state index contributed by atoms with van der Waals surface area (Å²) in [5, 5.41) is 26.6. The summed E-state index contributed by atoms with van der Waals surface area (Å²) in [5.41, 5.74) is 1.45. The molecule has 11 aromatic rings. The lowest BCUT2D eigenvalue weighted by molar-refractivity contribution is -0.432. The molecular weight excluding hydrogens is 1470 g/mol. The summed E-state index contributed by atoms with van der Waals surface area (Å²) < 4.78 is 244. The van der Waals surface area contributed by atoms with E-state index in [0.717, 1.165) is 53.1 Å². The number of sulfone groups is 1. The van der Waals surface area contributed by atoms with E-state index in [1.54, 1.807) is 36.4 Å². The molecule has 102 heavy (non-hydrogen) atoms. The van der Waals surface area contributed by atoms with E-state index in [1.165, 1.54) is 110 Å². The van der Waals surface area contributed by atoms with Crippen molar-refractivity contribution < 1.29 is 112 Å². The molecule has 0 amide bonds. The number of aryl methyl sites for hydroxylation is 2. The van der Waals surface area contributed by atoms with E-state index in [1.807, 2.05) is 32.0 Å². The fraction of sp³-hybridized carbons (Fsp3) is 0.0571. The highest BCUT2D eigenvalue weighted by Gasteiger charge is 2.37. The Hall–Kier alpha value is -9.14. The number of hydrogen-bond donors (Lipinski definition) is 6. The van der Waals surface area contributed by atoms with Gasteiger partial charge >= 0.3 is 6.18 Å². The number of ether oxygens (including phenoxy) is 2. The second-order valence-corrected chi connectivity index (χ2v) is 31.5. The Balaban J connectivity index is 1.26. The van der Waals surface area contributed by atoms with Crippen LogP contribution in [0.5, 0.6) is 17.2 Å². The highest BCUT2D eigenvalue weighted by molar-refractivity contribution is 7.95. The monoisotopic (exact) mass is 1520 g/mol. The number of methoxy groups -OCH3 is 1. The lowest BCUT2D eigenvalue weighted by atomic mass is 9.74. The molecule has 0 atom stereocenters. The number of rotatable bonds is 23. The smallest absolute Gasteiger partial charge is 0.420 e. The van der Waals surface area contributed by atoms with Gasteiger partial charge in [-0.3, -0.25) is 18.2 Å². The second-order valence-electron chi connectivity index (χ2n) is 22.4. The van der Waals surface area contributed by atoms with Gasteiger partial charge in [0.05, 0.1) is 46.5 Å². The van der Waals surface area contributed by atoms with Gasteiger partial charge < -0.3 is 9.47 Å². The lowest BCUT2D eigenvalue weighted by Crippen LogP contribution is -2.10. The first-order valence-corrected chi connectivity index (χ1v) is 38.0. The van der Waals surface area contributed by atoms with Crippen LogP contribution in [0.2, 0.25) is 0 Å². The first-order valence-electron chi connectivity index (χ1n) is 29.3. The van der Waals surface area contributed by atoms with Gasteiger partial charge in [-0.25, -0.2) is 18.9 Å². The SMILES string of the molecule is COc1ccc(S(=O)(=O)c2ccc(Oc3ccc(-c4ccc(-c5c(-c6ccc(S(=O)(=O)O)c(S(=O)(=O)O)c6)c(-c6cccc(SOOO)c6)c(-c6ccc(-c7ccc(C)c(C)c7)cc6)c(-c6cccc(SOOO)c6)c5-c5ccc(S(=O)(=O)O)c(S(=O)(=O)O)c5)cc4)cc3C(F)(F)F)cc2)cc1. The van der Waals surface area contributed by atoms with Crippen LogP contribution < -0.4 is 9.47 Å². The Labute approximate surface area is 590 Å². The normalized spacial score (nSPS) is 12.4. The maximum Gasteiger partial charge on any atom is 0.420 e. The fourth-order valence-corrected chi connectivity index (χ4v) is 17.1. The van der Waals surface area contributed by atoms with Gasteiger partial charge in [-0.2, -0.15) is 46.8 Å². The van der Waals surface area contributed by atoms with Crippen LogP contribution in [0.1, 0.15) is 16.7 Å². The van der Waals surface area contributed by atoms with Crippen molar-refractivity contribution in [3.8, 4) is 106 Å². The van der Waals surface area contributed by atoms with E-state index in [4.69, 9.17) is 18.1 Å². The molecule has 22 nitrogen and oxygen atoms in total. The van der Waals surface area contributed by atoms with E-state index in [-0.39, 0.29) is 103 Å². The van der Waals surface area contributed by atoms with Crippen LogP contribution in [-0.4, -0.2) is 77.9 Å². The van der Waals surface area contributed by atoms with Gasteiger partial charge in [0.1, 0.15) is 36.8 Å². The average Bonchev–Trinajstić information content (AvgIpc) is 0.708. The van der Waals surface area contributed by atoms with Crippen molar-refractivity contribution in [1.29, 1.82) is 0 Å². The van der Waals surface area contributed by atoms with E-state index < -0.39 is 87.4 Å². The van der Waals surface area contributed by atoms with Crippen LogP contribution in [0, 0.1) is 13.8 Å². The highest BCUT2D eigenvalue weighted by Crippen LogP contribution is 2.58. The van der Waals surface area contributed by atoms with E-state index in [2.05, 4.69) is 10.1 Å². The van der Waals surface area contributed by atoms with Gasteiger partial charge in [0.25, 0.3) is 40.5 Å². The molecule has 0 bridgehead atoms. The Morgan fingerprint density at radius 3 is 1.09 bits per heavy atom. The second kappa shape index (κ2) is 29.3. The molecule has 0 saturated carbocycles. The molecule has 0 unspecified atom stereocenters. The van der Waals surface area contributed by atoms with Crippen molar-refractivity contribution in [2.75, 3.05) is 7.11 Å². The molecule has 526 valence electrons. The fourth-order valence-electron chi connectivity index (χ4n) is 11.5. The van der Waals surface area contributed by atoms with Gasteiger partial charge in [0.2, 0.25) is 9.84 Å². The molecule has 0 aromatic heterocycles. The van der Waals surface area contributed by atoms with Crippen LogP contribution >= 0.6 is 24.1 Å². The van der Waals surface area contributed by atoms with Crippen molar-refractivity contribution in [2.45, 2.75) is 59.2 Å². The van der Waals surface area contributed by atoms with Crippen LogP contribution in [0.15, 0.2) is 258 Å². The zero-order valence-electron chi connectivity index (χ0n) is 52.5. The van der Waals surface area contributed by atoms with E-state index >= 15 is 13.2 Å². The third-order valence-corrected chi connectivity index (χ3v) is 23.0. The number of benzene rings is 11. The van der Waals surface area contributed by atoms with Crippen molar-refractivity contribution >= 4 is 74.4 Å². The number of halogens is 3. The molecule has 11 rings (SSSR count). The van der Waals surface area contributed by atoms with Crippen molar-refractivity contribution in [2.24, 2.45) is 0 Å². The molecule has 0 aliphatic carbocycles. The number of hydrogen-bond acceptors (Lipinski definition) is 20. The Morgan fingerprint density at radius 1 is 0.353 bits per heavy atom. The summed E-state index contributed by atoms with van der Waals surface area (Å²) in [6.07, 6.45) is -5.11. The Bertz CT molecular complexity index is 5500. The predicted molar refractivity (Wildman–Crippen MR) is 370 cm³/mol. The van der Waals surface area contributed by atoms with Gasteiger partial charge in [0.15, 0.2) is 0 Å². The molecule has 32 heteroatoms. The molecule has 0 radical (unpaired) electrons. The lowest BCUT2D eigenvalue weighted by Gasteiger charge is -2.29. The van der Waals surface area contributed by atoms with Gasteiger partial charge in [0, 0.05) is 9.79 Å². The number of alkyl halides is 3. The standard InChI is InChI=1S/C70H51F3O22S7/c1-40-10-11-46(34-41(40)2)42-12-16-44(17-13-42)64-66(48-6-4-8-54(35-48)96-94-92-74)68(50-21-32-60(99(78,79)80)62(38-50)101(84,85)86)65(69(67(64)49-7-5-9-55(36-49)97-95-93-75)51-22-33-61(100(81,82)83)63(39-51)102(87,88)89)45-18-14-43(15-19-45)47-20-31-59(58(37-47)70(71,72)73)91-53-25-29-57(30-26-53)98(76,77)56-27-23-52(90-3)24-28-56/h4-39,74-75H,1-3H3,(H,78,79,80)(H,81,82,83)(H,84,85,86)(H,87,88,89). The van der Waals surface area contributed by atoms with E-state index in [0.29, 0.717) is 59.7 Å². The van der Waals surface area contributed by atoms with Crippen LogP contribution in [0.25, 0.3) is 89.0 Å². The summed E-state index contributed by atoms with van der Waals surface area (Å²) >= 11 is 0.975. The van der Waals surface area contributed by atoms with Gasteiger partial charge in [-0.1, -0.05) is 119 Å². The predicted octanol–water partition coefficient (Wildman–Crippen LogP) is 17.1. The molecule has 0 heterocycles. The molecule has 0 fully saturated rings. The van der Waals surface area contributed by atoms with E-state index in [9.17, 15) is 70.8 Å². The van der Waals surface area contributed by atoms with Crippen molar-refractivity contribution in [3.63, 3.8) is 0 Å². The first-order chi connectivity index (χ1) is 48.2. The van der Waals surface area contributed by atoms with Crippen molar-refractivity contribution in [1.82, 2.24) is 0 Å². The molecule has 0 aliphatic rings. The first kappa shape index (κ1) is 74.1. The summed E-state index contributed by atoms with van der Waals surface area (Å²) in [7, 11) is -25.2. The molecule has 11 aromatic carbocycles. The van der Waals surface area contributed by atoms with Crippen LogP contribution in [0.4, 0.5) is 13.2 Å². The highest BCUT2D eigenvalue weighted by atomic mass is 32.2. The summed E-state index contributed by atoms with van der Waals surface area (Å²) in [6.45, 7) is 3.84. The zero-order valence-corrected chi connectivity index (χ0v) is 58.2. The summed E-state index contributed by atoms with van der Waals surface area (Å²) in [5.74, 6) is -0.488. The molecule has 0 aliphatic heterocycles. The molecule has 6 N–H and O–H groups in total. The van der Waals surface area contributed by atoms with Crippen LogP contribution in [0.3, 0.4) is 0 Å². The van der Waals surface area contributed by atoms with Crippen LogP contribution in [-0.2, 0) is 75.2 Å². The molecule has 0 saturated heterocycles. The third kappa shape index (κ3) is 15.9. The van der Waals surface area contributed by atoms with Gasteiger partial charge in [-0.15, -0.1) is 8.67 Å². The minimum atomic E-state index is -5.70. The maximum atomic E-state index is 15.4. The third-order valence-electron chi connectivity index (χ3n) is 16.2. The molecular formula is C70H51F3O22S7. The summed E-state index contributed by atoms with van der Waals surface area (Å²) in [4.78, 5) is -5.33. The maximum absolute atomic E-state index is 15.4. The minimum Gasteiger partial charge on any atom is -0.497 e. The van der Waals surface area contributed by atoms with Crippen molar-refractivity contribution in [3.05, 3.63) is 235 Å². The quantitative estimate of drug-likeness (QED) is 0.0150.